The van der Waals surface area contributed by atoms with E-state index in [0.29, 0.717) is 44.2 Å². The molecule has 1 amide bonds. The van der Waals surface area contributed by atoms with Crippen molar-refractivity contribution in [1.29, 1.82) is 0 Å². The molecule has 0 radical (unpaired) electrons. The third kappa shape index (κ3) is 5.49. The molecule has 1 aliphatic heterocycles. The summed E-state index contributed by atoms with van der Waals surface area (Å²) in [5, 5.41) is 9.38. The Bertz CT molecular complexity index is 1210. The van der Waals surface area contributed by atoms with Crippen LogP contribution in [0, 0.1) is 20.8 Å². The minimum atomic E-state index is -3.62. The van der Waals surface area contributed by atoms with Crippen LogP contribution in [-0.4, -0.2) is 59.8 Å². The highest BCUT2D eigenvalue weighted by Gasteiger charge is 2.33. The van der Waals surface area contributed by atoms with Gasteiger partial charge in [-0.05, 0) is 32.9 Å². The molecule has 0 bridgehead atoms. The highest BCUT2D eigenvalue weighted by Crippen LogP contribution is 2.24. The summed E-state index contributed by atoms with van der Waals surface area (Å²) in [6.07, 6.45) is 0.224. The van der Waals surface area contributed by atoms with Gasteiger partial charge in [-0.3, -0.25) is 9.69 Å². The Morgan fingerprint density at radius 2 is 1.82 bits per heavy atom. The summed E-state index contributed by atoms with van der Waals surface area (Å²) >= 11 is 1.46. The van der Waals surface area contributed by atoms with Crippen LogP contribution in [0.2, 0.25) is 0 Å². The first-order valence-corrected chi connectivity index (χ1v) is 13.0. The number of nitrogens with one attached hydrogen (secondary N) is 1. The Morgan fingerprint density at radius 1 is 1.12 bits per heavy atom. The minimum Gasteiger partial charge on any atom is -0.360 e. The fourth-order valence-corrected chi connectivity index (χ4v) is 6.31. The third-order valence-corrected chi connectivity index (χ3v) is 8.57. The van der Waals surface area contributed by atoms with Gasteiger partial charge in [0.05, 0.1) is 12.1 Å². The molecule has 1 N–H and O–H groups in total. The number of rotatable bonds is 7. The molecule has 1 fully saturated rings. The molecule has 4 rings (SSSR count). The SMILES string of the molecule is Cc1ccc(NC(=O)Cc2nc(CN3CCN(S(=O)(=O)c4c(C)noc4C)CC3)cs2)cc1. The van der Waals surface area contributed by atoms with Crippen LogP contribution in [0.25, 0.3) is 0 Å². The molecule has 3 aromatic rings. The number of aryl methyl sites for hydroxylation is 3. The molecule has 0 unspecified atom stereocenters. The molecule has 176 valence electrons. The number of sulfonamides is 1. The summed E-state index contributed by atoms with van der Waals surface area (Å²) in [6, 6.07) is 7.67. The fourth-order valence-electron chi connectivity index (χ4n) is 3.81. The lowest BCUT2D eigenvalue weighted by atomic mass is 10.2. The van der Waals surface area contributed by atoms with Crippen LogP contribution in [0.4, 0.5) is 5.69 Å². The van der Waals surface area contributed by atoms with Crippen LogP contribution >= 0.6 is 11.3 Å². The van der Waals surface area contributed by atoms with Gasteiger partial charge in [0.15, 0.2) is 5.76 Å². The Kier molecular flexibility index (Phi) is 6.94. The average molecular weight is 490 g/mol. The molecule has 1 aliphatic rings. The van der Waals surface area contributed by atoms with Crippen LogP contribution < -0.4 is 5.32 Å². The van der Waals surface area contributed by atoms with E-state index >= 15 is 0 Å². The number of hydrogen-bond acceptors (Lipinski definition) is 8. The van der Waals surface area contributed by atoms with Crippen molar-refractivity contribution in [2.45, 2.75) is 38.6 Å². The van der Waals surface area contributed by atoms with E-state index < -0.39 is 10.0 Å². The number of carbonyl (C=O) groups excluding carboxylic acids is 1. The molecule has 0 spiro atoms. The smallest absolute Gasteiger partial charge is 0.248 e. The number of amides is 1. The predicted molar refractivity (Wildman–Crippen MR) is 126 cm³/mol. The van der Waals surface area contributed by atoms with Crippen LogP contribution in [0.15, 0.2) is 39.1 Å². The van der Waals surface area contributed by atoms with Crippen molar-refractivity contribution in [2.75, 3.05) is 31.5 Å². The summed E-state index contributed by atoms with van der Waals surface area (Å²) in [5.41, 5.74) is 3.18. The normalized spacial score (nSPS) is 15.6. The molecule has 33 heavy (non-hydrogen) atoms. The zero-order valence-electron chi connectivity index (χ0n) is 18.9. The lowest BCUT2D eigenvalue weighted by Gasteiger charge is -2.33. The van der Waals surface area contributed by atoms with Crippen LogP contribution in [0.1, 0.15) is 27.7 Å². The Labute approximate surface area is 197 Å². The molecule has 9 nitrogen and oxygen atoms in total. The summed E-state index contributed by atoms with van der Waals surface area (Å²) in [6.45, 7) is 7.86. The molecular formula is C22H27N5O4S2. The number of thiazole rings is 1. The summed E-state index contributed by atoms with van der Waals surface area (Å²) in [5.74, 6) is 0.217. The molecule has 2 aromatic heterocycles. The zero-order valence-corrected chi connectivity index (χ0v) is 20.5. The number of aromatic nitrogens is 2. The van der Waals surface area contributed by atoms with Crippen molar-refractivity contribution in [3.05, 3.63) is 57.4 Å². The molecule has 3 heterocycles. The van der Waals surface area contributed by atoms with Crippen molar-refractivity contribution >= 4 is 33.0 Å². The van der Waals surface area contributed by atoms with Crippen LogP contribution in [0.5, 0.6) is 0 Å². The van der Waals surface area contributed by atoms with Gasteiger partial charge < -0.3 is 9.84 Å². The first-order valence-electron chi connectivity index (χ1n) is 10.7. The van der Waals surface area contributed by atoms with Crippen molar-refractivity contribution in [2.24, 2.45) is 0 Å². The van der Waals surface area contributed by atoms with Gasteiger partial charge in [-0.25, -0.2) is 13.4 Å². The lowest BCUT2D eigenvalue weighted by Crippen LogP contribution is -2.48. The van der Waals surface area contributed by atoms with Gasteiger partial charge >= 0.3 is 0 Å². The Morgan fingerprint density at radius 3 is 2.45 bits per heavy atom. The number of nitrogens with zero attached hydrogens (tertiary/aromatic N) is 4. The maximum absolute atomic E-state index is 13.0. The van der Waals surface area contributed by atoms with E-state index in [4.69, 9.17) is 4.52 Å². The fraction of sp³-hybridized carbons (Fsp3) is 0.409. The maximum atomic E-state index is 13.0. The number of piperazine rings is 1. The number of benzene rings is 1. The van der Waals surface area contributed by atoms with Crippen molar-refractivity contribution < 1.29 is 17.7 Å². The van der Waals surface area contributed by atoms with E-state index in [1.165, 1.54) is 15.6 Å². The molecule has 1 saturated heterocycles. The largest absolute Gasteiger partial charge is 0.360 e. The first-order chi connectivity index (χ1) is 15.7. The van der Waals surface area contributed by atoms with Crippen molar-refractivity contribution in [3.8, 4) is 0 Å². The van der Waals surface area contributed by atoms with E-state index in [1.807, 2.05) is 36.6 Å². The Hall–Kier alpha value is -2.60. The monoisotopic (exact) mass is 489 g/mol. The molecule has 0 aliphatic carbocycles. The number of carbonyl (C=O) groups is 1. The first kappa shape index (κ1) is 23.6. The molecule has 1 aromatic carbocycles. The van der Waals surface area contributed by atoms with E-state index in [2.05, 4.69) is 20.4 Å². The minimum absolute atomic E-state index is 0.0992. The van der Waals surface area contributed by atoms with Gasteiger partial charge in [0, 0.05) is 43.8 Å². The molecule has 0 saturated carbocycles. The third-order valence-electron chi connectivity index (χ3n) is 5.53. The van der Waals surface area contributed by atoms with Gasteiger partial charge in [-0.1, -0.05) is 22.9 Å². The lowest BCUT2D eigenvalue weighted by molar-refractivity contribution is -0.115. The summed E-state index contributed by atoms with van der Waals surface area (Å²) in [7, 11) is -3.62. The van der Waals surface area contributed by atoms with Gasteiger partial charge in [-0.2, -0.15) is 4.31 Å². The second-order valence-corrected chi connectivity index (χ2v) is 11.0. The quantitative estimate of drug-likeness (QED) is 0.544. The summed E-state index contributed by atoms with van der Waals surface area (Å²) in [4.78, 5) is 19.2. The van der Waals surface area contributed by atoms with Crippen molar-refractivity contribution in [1.82, 2.24) is 19.3 Å². The number of hydrogen-bond donors (Lipinski definition) is 1. The predicted octanol–water partition coefficient (Wildman–Crippen LogP) is 2.74. The maximum Gasteiger partial charge on any atom is 0.248 e. The van der Waals surface area contributed by atoms with Gasteiger partial charge in [0.25, 0.3) is 0 Å². The van der Waals surface area contributed by atoms with Crippen molar-refractivity contribution in [3.63, 3.8) is 0 Å². The van der Waals surface area contributed by atoms with E-state index in [9.17, 15) is 13.2 Å². The highest BCUT2D eigenvalue weighted by molar-refractivity contribution is 7.89. The van der Waals surface area contributed by atoms with Crippen LogP contribution in [0.3, 0.4) is 0 Å². The number of anilines is 1. The van der Waals surface area contributed by atoms with Crippen LogP contribution in [-0.2, 0) is 27.8 Å². The second-order valence-electron chi connectivity index (χ2n) is 8.16. The molecular weight excluding hydrogens is 462 g/mol. The topological polar surface area (TPSA) is 109 Å². The molecule has 0 atom stereocenters. The highest BCUT2D eigenvalue weighted by atomic mass is 32.2. The van der Waals surface area contributed by atoms with E-state index in [0.717, 1.165) is 22.0 Å². The Balaban J connectivity index is 1.29. The zero-order chi connectivity index (χ0) is 23.6. The standard InChI is InChI=1S/C22H27N5O4S2/c1-15-4-6-18(7-5-15)23-20(28)12-21-24-19(14-32-21)13-26-8-10-27(11-9-26)33(29,30)22-16(2)25-31-17(22)3/h4-7,14H,8-13H2,1-3H3,(H,23,28). The second kappa shape index (κ2) is 9.72. The van der Waals surface area contributed by atoms with E-state index in [1.54, 1.807) is 13.8 Å². The van der Waals surface area contributed by atoms with Gasteiger partial charge in [0.1, 0.15) is 15.6 Å². The molecule has 11 heteroatoms. The average Bonchev–Trinajstić information content (AvgIpc) is 3.35. The van der Waals surface area contributed by atoms with E-state index in [-0.39, 0.29) is 17.2 Å². The van der Waals surface area contributed by atoms with Gasteiger partial charge in [0.2, 0.25) is 15.9 Å². The van der Waals surface area contributed by atoms with Gasteiger partial charge in [-0.15, -0.1) is 11.3 Å². The summed E-state index contributed by atoms with van der Waals surface area (Å²) < 4.78 is 32.5.